The fraction of sp³-hybridized carbons (Fsp3) is 0.417. The van der Waals surface area contributed by atoms with E-state index >= 15 is 0 Å². The van der Waals surface area contributed by atoms with Gasteiger partial charge in [-0.15, -0.1) is 0 Å². The highest BCUT2D eigenvalue weighted by Crippen LogP contribution is 2.16. The van der Waals surface area contributed by atoms with Crippen LogP contribution < -0.4 is 10.6 Å². The molecule has 1 amide bonds. The number of nitrogens with one attached hydrogen (secondary N) is 2. The number of hydrogen-bond acceptors (Lipinski definition) is 4. The minimum absolute atomic E-state index is 0.175. The van der Waals surface area contributed by atoms with Crippen molar-refractivity contribution in [3.63, 3.8) is 0 Å². The van der Waals surface area contributed by atoms with Gasteiger partial charge in [-0.05, 0) is 38.2 Å². The summed E-state index contributed by atoms with van der Waals surface area (Å²) < 4.78 is 24.8. The molecule has 2 N–H and O–H groups in total. The number of likely N-dealkylation sites (N-methyl/N-ethyl adjacent to an activating group) is 1. The first-order valence-electron chi connectivity index (χ1n) is 5.79. The monoisotopic (exact) mass is 285 g/mol. The van der Waals surface area contributed by atoms with Gasteiger partial charge in [0.1, 0.15) is 0 Å². The Kier molecular flexibility index (Phi) is 5.04. The Hall–Kier alpha value is -1.44. The molecule has 19 heavy (non-hydrogen) atoms. The van der Waals surface area contributed by atoms with Gasteiger partial charge in [-0.1, -0.05) is 0 Å². The second-order valence-corrected chi connectivity index (χ2v) is 6.46. The second-order valence-electron chi connectivity index (χ2n) is 4.31. The van der Waals surface area contributed by atoms with Crippen LogP contribution in [0.1, 0.15) is 6.92 Å². The summed E-state index contributed by atoms with van der Waals surface area (Å²) in [6.07, 6.45) is 0. The van der Waals surface area contributed by atoms with Crippen LogP contribution in [-0.2, 0) is 14.8 Å². The molecule has 6 nitrogen and oxygen atoms in total. The van der Waals surface area contributed by atoms with E-state index in [0.29, 0.717) is 5.69 Å². The Morgan fingerprint density at radius 2 is 1.74 bits per heavy atom. The fourth-order valence-corrected chi connectivity index (χ4v) is 2.20. The summed E-state index contributed by atoms with van der Waals surface area (Å²) >= 11 is 0. The standard InChI is InChI=1S/C12H19N3O3S/c1-9(13-2)12(16)14-10-5-7-11(8-6-10)19(17,18)15(3)4/h5-9,13H,1-4H3,(H,14,16). The lowest BCUT2D eigenvalue weighted by Crippen LogP contribution is -2.35. The van der Waals surface area contributed by atoms with Gasteiger partial charge < -0.3 is 10.6 Å². The summed E-state index contributed by atoms with van der Waals surface area (Å²) in [4.78, 5) is 11.8. The Labute approximate surface area is 113 Å². The molecule has 1 atom stereocenters. The highest BCUT2D eigenvalue weighted by atomic mass is 32.2. The van der Waals surface area contributed by atoms with Crippen LogP contribution in [0, 0.1) is 0 Å². The maximum absolute atomic E-state index is 11.8. The van der Waals surface area contributed by atoms with Crippen LogP contribution in [0.4, 0.5) is 5.69 Å². The molecule has 0 radical (unpaired) electrons. The van der Waals surface area contributed by atoms with Crippen LogP contribution in [-0.4, -0.2) is 45.8 Å². The second kappa shape index (κ2) is 6.14. The van der Waals surface area contributed by atoms with Crippen molar-refractivity contribution < 1.29 is 13.2 Å². The zero-order valence-electron chi connectivity index (χ0n) is 11.5. The van der Waals surface area contributed by atoms with Gasteiger partial charge in [0.2, 0.25) is 15.9 Å². The molecule has 1 rings (SSSR count). The molecule has 0 heterocycles. The molecular weight excluding hydrogens is 266 g/mol. The van der Waals surface area contributed by atoms with E-state index in [0.717, 1.165) is 4.31 Å². The van der Waals surface area contributed by atoms with Gasteiger partial charge in [-0.25, -0.2) is 12.7 Å². The molecular formula is C12H19N3O3S. The van der Waals surface area contributed by atoms with E-state index in [9.17, 15) is 13.2 Å². The minimum Gasteiger partial charge on any atom is -0.325 e. The van der Waals surface area contributed by atoms with Crippen molar-refractivity contribution in [2.45, 2.75) is 17.9 Å². The van der Waals surface area contributed by atoms with E-state index < -0.39 is 10.0 Å². The van der Waals surface area contributed by atoms with Gasteiger partial charge in [0, 0.05) is 19.8 Å². The number of carbonyl (C=O) groups is 1. The van der Waals surface area contributed by atoms with Crippen molar-refractivity contribution in [2.24, 2.45) is 0 Å². The summed E-state index contributed by atoms with van der Waals surface area (Å²) in [7, 11) is 1.20. The third-order valence-electron chi connectivity index (χ3n) is 2.73. The molecule has 0 aliphatic rings. The number of rotatable bonds is 5. The van der Waals surface area contributed by atoms with E-state index in [2.05, 4.69) is 10.6 Å². The van der Waals surface area contributed by atoms with Gasteiger partial charge in [0.25, 0.3) is 0 Å². The summed E-state index contributed by atoms with van der Waals surface area (Å²) in [5.41, 5.74) is 0.560. The SMILES string of the molecule is CNC(C)C(=O)Nc1ccc(S(=O)(=O)N(C)C)cc1. The summed E-state index contributed by atoms with van der Waals surface area (Å²) in [6, 6.07) is 5.75. The number of sulfonamides is 1. The maximum Gasteiger partial charge on any atom is 0.242 e. The van der Waals surface area contributed by atoms with Crippen LogP contribution in [0.15, 0.2) is 29.2 Å². The predicted molar refractivity (Wildman–Crippen MR) is 74.5 cm³/mol. The molecule has 1 unspecified atom stereocenters. The molecule has 7 heteroatoms. The maximum atomic E-state index is 11.8. The molecule has 0 saturated heterocycles. The third-order valence-corrected chi connectivity index (χ3v) is 4.56. The van der Waals surface area contributed by atoms with E-state index in [1.165, 1.54) is 26.2 Å². The molecule has 0 aromatic heterocycles. The number of hydrogen-bond donors (Lipinski definition) is 2. The van der Waals surface area contributed by atoms with Crippen LogP contribution in [0.5, 0.6) is 0 Å². The van der Waals surface area contributed by atoms with E-state index in [4.69, 9.17) is 0 Å². The Bertz CT molecular complexity index is 538. The van der Waals surface area contributed by atoms with Crippen molar-refractivity contribution >= 4 is 21.6 Å². The molecule has 0 fully saturated rings. The van der Waals surface area contributed by atoms with E-state index in [1.54, 1.807) is 26.1 Å². The highest BCUT2D eigenvalue weighted by Gasteiger charge is 2.17. The topological polar surface area (TPSA) is 78.5 Å². The molecule has 1 aromatic rings. The van der Waals surface area contributed by atoms with Crippen molar-refractivity contribution in [3.8, 4) is 0 Å². The number of anilines is 1. The van der Waals surface area contributed by atoms with Gasteiger partial charge in [-0.2, -0.15) is 0 Å². The largest absolute Gasteiger partial charge is 0.325 e. The van der Waals surface area contributed by atoms with Gasteiger partial charge in [0.05, 0.1) is 10.9 Å². The van der Waals surface area contributed by atoms with E-state index in [-0.39, 0.29) is 16.8 Å². The lowest BCUT2D eigenvalue weighted by atomic mass is 10.3. The zero-order chi connectivity index (χ0) is 14.6. The lowest BCUT2D eigenvalue weighted by Gasteiger charge is -2.13. The highest BCUT2D eigenvalue weighted by molar-refractivity contribution is 7.89. The number of nitrogens with zero attached hydrogens (tertiary/aromatic N) is 1. The smallest absolute Gasteiger partial charge is 0.242 e. The minimum atomic E-state index is -3.43. The average molecular weight is 285 g/mol. The van der Waals surface area contributed by atoms with Crippen molar-refractivity contribution in [2.75, 3.05) is 26.5 Å². The molecule has 0 spiro atoms. The van der Waals surface area contributed by atoms with Crippen molar-refractivity contribution in [1.29, 1.82) is 0 Å². The van der Waals surface area contributed by atoms with Gasteiger partial charge in [0.15, 0.2) is 0 Å². The van der Waals surface area contributed by atoms with Crippen LogP contribution in [0.2, 0.25) is 0 Å². The molecule has 0 aliphatic carbocycles. The van der Waals surface area contributed by atoms with Crippen LogP contribution in [0.3, 0.4) is 0 Å². The summed E-state index contributed by atoms with van der Waals surface area (Å²) in [5.74, 6) is -0.175. The Morgan fingerprint density at radius 1 is 1.21 bits per heavy atom. The summed E-state index contributed by atoms with van der Waals surface area (Å²) in [6.45, 7) is 1.74. The van der Waals surface area contributed by atoms with Gasteiger partial charge in [-0.3, -0.25) is 4.79 Å². The van der Waals surface area contributed by atoms with Crippen LogP contribution >= 0.6 is 0 Å². The van der Waals surface area contributed by atoms with Crippen molar-refractivity contribution in [3.05, 3.63) is 24.3 Å². The molecule has 106 valence electrons. The number of amides is 1. The molecule has 0 saturated carbocycles. The van der Waals surface area contributed by atoms with E-state index in [1.807, 2.05) is 0 Å². The first kappa shape index (κ1) is 15.6. The quantitative estimate of drug-likeness (QED) is 0.825. The van der Waals surface area contributed by atoms with Crippen LogP contribution in [0.25, 0.3) is 0 Å². The first-order chi connectivity index (χ1) is 8.78. The van der Waals surface area contributed by atoms with Crippen molar-refractivity contribution in [1.82, 2.24) is 9.62 Å². The first-order valence-corrected chi connectivity index (χ1v) is 7.23. The molecule has 0 aliphatic heterocycles. The van der Waals surface area contributed by atoms with Gasteiger partial charge >= 0.3 is 0 Å². The third kappa shape index (κ3) is 3.76. The Morgan fingerprint density at radius 3 is 2.16 bits per heavy atom. The average Bonchev–Trinajstić information content (AvgIpc) is 2.38. The molecule has 0 bridgehead atoms. The zero-order valence-corrected chi connectivity index (χ0v) is 12.3. The summed E-state index contributed by atoms with van der Waals surface area (Å²) in [5, 5.41) is 5.51. The Balaban J connectivity index is 2.86. The lowest BCUT2D eigenvalue weighted by molar-refractivity contribution is -0.117. The fourth-order valence-electron chi connectivity index (χ4n) is 1.30. The number of carbonyl (C=O) groups excluding carboxylic acids is 1. The normalized spacial score (nSPS) is 13.3. The predicted octanol–water partition coefficient (Wildman–Crippen LogP) is 0.483. The molecule has 1 aromatic carbocycles. The number of benzene rings is 1.